The van der Waals surface area contributed by atoms with Crippen LogP contribution in [0.3, 0.4) is 0 Å². The lowest BCUT2D eigenvalue weighted by Gasteiger charge is -2.06. The molecule has 0 aliphatic rings. The van der Waals surface area contributed by atoms with Gasteiger partial charge in [0.25, 0.3) is 0 Å². The normalized spacial score (nSPS) is 10.5. The van der Waals surface area contributed by atoms with Crippen molar-refractivity contribution in [3.05, 3.63) is 57.3 Å². The molecule has 0 radical (unpaired) electrons. The molecule has 88 valence electrons. The van der Waals surface area contributed by atoms with Crippen LogP contribution in [0.15, 0.2) is 41.1 Å². The molecule has 1 heterocycles. The molecule has 2 rings (SSSR count). The summed E-state index contributed by atoms with van der Waals surface area (Å²) < 4.78 is 0.993. The molecule has 0 spiro atoms. The van der Waals surface area contributed by atoms with Crippen molar-refractivity contribution in [3.63, 3.8) is 0 Å². The Morgan fingerprint density at radius 3 is 2.65 bits per heavy atom. The second-order valence-electron chi connectivity index (χ2n) is 3.81. The van der Waals surface area contributed by atoms with Crippen LogP contribution in [0, 0.1) is 0 Å². The van der Waals surface area contributed by atoms with E-state index in [1.165, 1.54) is 0 Å². The number of nitrogens with zero attached hydrogens (tertiary/aromatic N) is 1. The molecule has 2 nitrogen and oxygen atoms in total. The highest BCUT2D eigenvalue weighted by molar-refractivity contribution is 9.10. The number of nitrogens with two attached hydrogens (primary N) is 1. The van der Waals surface area contributed by atoms with E-state index in [1.54, 1.807) is 6.20 Å². The van der Waals surface area contributed by atoms with Crippen molar-refractivity contribution in [2.24, 2.45) is 0 Å². The van der Waals surface area contributed by atoms with Gasteiger partial charge in [-0.3, -0.25) is 4.98 Å². The van der Waals surface area contributed by atoms with Crippen LogP contribution in [0.4, 0.5) is 5.69 Å². The fraction of sp³-hybridized carbons (Fsp3) is 0.154. The molecule has 0 unspecified atom stereocenters. The van der Waals surface area contributed by atoms with Crippen molar-refractivity contribution in [1.82, 2.24) is 4.98 Å². The molecule has 1 aromatic heterocycles. The zero-order valence-corrected chi connectivity index (χ0v) is 11.5. The van der Waals surface area contributed by atoms with E-state index >= 15 is 0 Å². The largest absolute Gasteiger partial charge is 0.398 e. The third kappa shape index (κ3) is 3.20. The SMILES string of the molecule is Nc1ccncc1CCc1ccc(Br)cc1Cl. The highest BCUT2D eigenvalue weighted by atomic mass is 79.9. The molecule has 0 atom stereocenters. The molecule has 0 saturated heterocycles. The van der Waals surface area contributed by atoms with Gasteiger partial charge in [-0.1, -0.05) is 33.6 Å². The molecule has 17 heavy (non-hydrogen) atoms. The molecular weight excluding hydrogens is 300 g/mol. The Labute approximate surface area is 114 Å². The van der Waals surface area contributed by atoms with E-state index < -0.39 is 0 Å². The third-order valence-corrected chi connectivity index (χ3v) is 3.47. The Kier molecular flexibility index (Phi) is 4.02. The molecule has 1 aromatic carbocycles. The van der Waals surface area contributed by atoms with Gasteiger partial charge in [-0.05, 0) is 42.2 Å². The summed E-state index contributed by atoms with van der Waals surface area (Å²) >= 11 is 9.55. The van der Waals surface area contributed by atoms with E-state index in [2.05, 4.69) is 20.9 Å². The average molecular weight is 312 g/mol. The van der Waals surface area contributed by atoms with Gasteiger partial charge in [0.15, 0.2) is 0 Å². The smallest absolute Gasteiger partial charge is 0.0449 e. The van der Waals surface area contributed by atoms with Crippen LogP contribution in [-0.2, 0) is 12.8 Å². The summed E-state index contributed by atoms with van der Waals surface area (Å²) in [6.07, 6.45) is 5.22. The lowest BCUT2D eigenvalue weighted by Crippen LogP contribution is -1.98. The molecule has 0 fully saturated rings. The maximum atomic E-state index is 6.16. The predicted octanol–water partition coefficient (Wildman–Crippen LogP) is 3.86. The summed E-state index contributed by atoms with van der Waals surface area (Å²) in [5.41, 5.74) is 8.84. The number of rotatable bonds is 3. The maximum absolute atomic E-state index is 6.16. The summed E-state index contributed by atoms with van der Waals surface area (Å²) in [7, 11) is 0. The summed E-state index contributed by atoms with van der Waals surface area (Å²) in [5.74, 6) is 0. The van der Waals surface area contributed by atoms with E-state index in [0.29, 0.717) is 0 Å². The Morgan fingerprint density at radius 1 is 1.18 bits per heavy atom. The standard InChI is InChI=1S/C13H12BrClN2/c14-11-4-3-9(12(15)7-11)1-2-10-8-17-6-5-13(10)16/h3-8H,1-2H2,(H2,16,17). The molecule has 0 aliphatic heterocycles. The predicted molar refractivity (Wildman–Crippen MR) is 75.2 cm³/mol. The van der Waals surface area contributed by atoms with Crippen molar-refractivity contribution in [2.75, 3.05) is 5.73 Å². The Hall–Kier alpha value is -1.06. The monoisotopic (exact) mass is 310 g/mol. The molecule has 4 heteroatoms. The number of nitrogen functional groups attached to an aromatic ring is 1. The molecule has 0 bridgehead atoms. The zero-order valence-electron chi connectivity index (χ0n) is 9.16. The minimum absolute atomic E-state index is 0.779. The van der Waals surface area contributed by atoms with Crippen molar-refractivity contribution < 1.29 is 0 Å². The topological polar surface area (TPSA) is 38.9 Å². The second kappa shape index (κ2) is 5.52. The fourth-order valence-electron chi connectivity index (χ4n) is 1.64. The zero-order chi connectivity index (χ0) is 12.3. The van der Waals surface area contributed by atoms with Crippen LogP contribution >= 0.6 is 27.5 Å². The average Bonchev–Trinajstić information content (AvgIpc) is 2.30. The number of aryl methyl sites for hydroxylation is 2. The summed E-state index contributed by atoms with van der Waals surface area (Å²) in [5, 5.41) is 0.779. The Balaban J connectivity index is 2.10. The first-order valence-corrected chi connectivity index (χ1v) is 6.46. The van der Waals surface area contributed by atoms with Gasteiger partial charge in [-0.25, -0.2) is 0 Å². The van der Waals surface area contributed by atoms with Crippen LogP contribution < -0.4 is 5.73 Å². The van der Waals surface area contributed by atoms with Crippen molar-refractivity contribution in [1.29, 1.82) is 0 Å². The summed E-state index contributed by atoms with van der Waals surface area (Å²) in [6, 6.07) is 7.74. The van der Waals surface area contributed by atoms with Crippen LogP contribution in [0.5, 0.6) is 0 Å². The number of halogens is 2. The minimum Gasteiger partial charge on any atom is -0.398 e. The van der Waals surface area contributed by atoms with Crippen molar-refractivity contribution >= 4 is 33.2 Å². The lowest BCUT2D eigenvalue weighted by molar-refractivity contribution is 0.953. The van der Waals surface area contributed by atoms with Gasteiger partial charge in [-0.15, -0.1) is 0 Å². The number of hydrogen-bond acceptors (Lipinski definition) is 2. The molecular formula is C13H12BrClN2. The molecule has 0 aliphatic carbocycles. The quantitative estimate of drug-likeness (QED) is 0.934. The molecule has 0 amide bonds. The second-order valence-corrected chi connectivity index (χ2v) is 5.13. The first-order chi connectivity index (χ1) is 8.16. The van der Waals surface area contributed by atoms with Gasteiger partial charge in [0, 0.05) is 27.6 Å². The minimum atomic E-state index is 0.779. The van der Waals surface area contributed by atoms with Crippen LogP contribution in [-0.4, -0.2) is 4.98 Å². The lowest BCUT2D eigenvalue weighted by atomic mass is 10.0. The van der Waals surface area contributed by atoms with Gasteiger partial charge < -0.3 is 5.73 Å². The van der Waals surface area contributed by atoms with Crippen LogP contribution in [0.25, 0.3) is 0 Å². The van der Waals surface area contributed by atoms with Gasteiger partial charge in [0.2, 0.25) is 0 Å². The van der Waals surface area contributed by atoms with Crippen LogP contribution in [0.1, 0.15) is 11.1 Å². The van der Waals surface area contributed by atoms with Gasteiger partial charge >= 0.3 is 0 Å². The highest BCUT2D eigenvalue weighted by Crippen LogP contribution is 2.23. The summed E-state index contributed by atoms with van der Waals surface area (Å²) in [4.78, 5) is 4.07. The van der Waals surface area contributed by atoms with E-state index in [9.17, 15) is 0 Å². The number of anilines is 1. The Bertz CT molecular complexity index is 529. The number of benzene rings is 1. The van der Waals surface area contributed by atoms with Gasteiger partial charge in [0.1, 0.15) is 0 Å². The highest BCUT2D eigenvalue weighted by Gasteiger charge is 2.03. The first kappa shape index (κ1) is 12.4. The molecule has 2 N–H and O–H groups in total. The summed E-state index contributed by atoms with van der Waals surface area (Å²) in [6.45, 7) is 0. The van der Waals surface area contributed by atoms with E-state index in [4.69, 9.17) is 17.3 Å². The molecule has 0 saturated carbocycles. The van der Waals surface area contributed by atoms with E-state index in [-0.39, 0.29) is 0 Å². The first-order valence-electron chi connectivity index (χ1n) is 5.29. The van der Waals surface area contributed by atoms with Crippen molar-refractivity contribution in [3.8, 4) is 0 Å². The third-order valence-electron chi connectivity index (χ3n) is 2.62. The van der Waals surface area contributed by atoms with Gasteiger partial charge in [0.05, 0.1) is 0 Å². The van der Waals surface area contributed by atoms with E-state index in [0.717, 1.165) is 39.2 Å². The Morgan fingerprint density at radius 2 is 1.94 bits per heavy atom. The van der Waals surface area contributed by atoms with Crippen molar-refractivity contribution in [2.45, 2.75) is 12.8 Å². The number of hydrogen-bond donors (Lipinski definition) is 1. The van der Waals surface area contributed by atoms with Crippen LogP contribution in [0.2, 0.25) is 5.02 Å². The van der Waals surface area contributed by atoms with Gasteiger partial charge in [-0.2, -0.15) is 0 Å². The number of pyridine rings is 1. The molecule has 2 aromatic rings. The maximum Gasteiger partial charge on any atom is 0.0449 e. The number of aromatic nitrogens is 1. The fourth-order valence-corrected chi connectivity index (χ4v) is 2.41. The van der Waals surface area contributed by atoms with E-state index in [1.807, 2.05) is 30.5 Å².